The van der Waals surface area contributed by atoms with Gasteiger partial charge in [-0.05, 0) is 29.6 Å². The van der Waals surface area contributed by atoms with Crippen molar-refractivity contribution in [3.8, 4) is 5.75 Å². The summed E-state index contributed by atoms with van der Waals surface area (Å²) in [5.74, 6) is 0.489. The number of amidine groups is 1. The summed E-state index contributed by atoms with van der Waals surface area (Å²) >= 11 is 1.49. The zero-order valence-corrected chi connectivity index (χ0v) is 12.9. The van der Waals surface area contributed by atoms with Gasteiger partial charge in [-0.3, -0.25) is 4.79 Å². The predicted molar refractivity (Wildman–Crippen MR) is 87.1 cm³/mol. The Morgan fingerprint density at radius 3 is 2.91 bits per heavy atom. The van der Waals surface area contributed by atoms with E-state index in [-0.39, 0.29) is 19.1 Å². The van der Waals surface area contributed by atoms with Crippen molar-refractivity contribution in [2.75, 3.05) is 20.3 Å². The number of nitrogens with one attached hydrogen (secondary N) is 1. The van der Waals surface area contributed by atoms with E-state index in [4.69, 9.17) is 15.6 Å². The monoisotopic (exact) mass is 319 g/mol. The molecule has 0 aliphatic carbocycles. The van der Waals surface area contributed by atoms with Gasteiger partial charge in [-0.15, -0.1) is 11.3 Å². The minimum absolute atomic E-state index is 0.128. The van der Waals surface area contributed by atoms with Crippen molar-refractivity contribution in [1.82, 2.24) is 5.32 Å². The van der Waals surface area contributed by atoms with Crippen LogP contribution in [0.15, 0.2) is 40.7 Å². The molecular formula is C15H17N3O3S. The van der Waals surface area contributed by atoms with Crippen molar-refractivity contribution >= 4 is 28.8 Å². The number of ether oxygens (including phenoxy) is 1. The number of methoxy groups -OCH3 is 1. The Labute approximate surface area is 132 Å². The standard InChI is InChI=1S/C15H17N3O3S/c1-21-12-5-4-10(9-11(12)15(20)17-6-7-19)18-14(16)13-3-2-8-22-13/h2-5,8-9,19H,6-7H2,1H3,(H2,16,18)(H,17,20). The van der Waals surface area contributed by atoms with Gasteiger partial charge in [0.05, 0.1) is 29.8 Å². The zero-order valence-electron chi connectivity index (χ0n) is 12.1. The third-order valence-corrected chi connectivity index (χ3v) is 3.74. The maximum atomic E-state index is 12.1. The number of amides is 1. The fraction of sp³-hybridized carbons (Fsp3) is 0.200. The third kappa shape index (κ3) is 3.84. The molecule has 1 heterocycles. The number of rotatable bonds is 6. The molecule has 1 amide bonds. The van der Waals surface area contributed by atoms with Crippen molar-refractivity contribution in [3.63, 3.8) is 0 Å². The minimum atomic E-state index is -0.336. The average molecular weight is 319 g/mol. The van der Waals surface area contributed by atoms with Crippen LogP contribution in [0.4, 0.5) is 5.69 Å². The molecular weight excluding hydrogens is 302 g/mol. The highest BCUT2D eigenvalue weighted by Gasteiger charge is 2.13. The molecule has 0 unspecified atom stereocenters. The Balaban J connectivity index is 2.30. The zero-order chi connectivity index (χ0) is 15.9. The number of aliphatic imine (C=N–C) groups is 1. The maximum absolute atomic E-state index is 12.1. The van der Waals surface area contributed by atoms with Gasteiger partial charge in [-0.2, -0.15) is 0 Å². The van der Waals surface area contributed by atoms with Gasteiger partial charge in [0.15, 0.2) is 0 Å². The molecule has 4 N–H and O–H groups in total. The molecule has 1 aromatic heterocycles. The first-order chi connectivity index (χ1) is 10.7. The molecule has 0 bridgehead atoms. The number of nitrogens with zero attached hydrogens (tertiary/aromatic N) is 1. The van der Waals surface area contributed by atoms with Gasteiger partial charge in [0.25, 0.3) is 5.91 Å². The molecule has 116 valence electrons. The average Bonchev–Trinajstić information content (AvgIpc) is 3.07. The first kappa shape index (κ1) is 16.0. The number of aliphatic hydroxyl groups is 1. The Morgan fingerprint density at radius 2 is 2.27 bits per heavy atom. The molecule has 0 aliphatic heterocycles. The predicted octanol–water partition coefficient (Wildman–Crippen LogP) is 1.52. The maximum Gasteiger partial charge on any atom is 0.255 e. The molecule has 7 heteroatoms. The molecule has 1 aromatic carbocycles. The number of carbonyl (C=O) groups is 1. The highest BCUT2D eigenvalue weighted by atomic mass is 32.1. The molecule has 0 atom stereocenters. The summed E-state index contributed by atoms with van der Waals surface area (Å²) in [4.78, 5) is 17.3. The second kappa shape index (κ2) is 7.58. The number of hydrogen-bond donors (Lipinski definition) is 3. The van der Waals surface area contributed by atoms with E-state index in [9.17, 15) is 4.79 Å². The van der Waals surface area contributed by atoms with Crippen molar-refractivity contribution in [3.05, 3.63) is 46.2 Å². The van der Waals surface area contributed by atoms with E-state index in [1.165, 1.54) is 18.4 Å². The highest BCUT2D eigenvalue weighted by molar-refractivity contribution is 7.12. The van der Waals surface area contributed by atoms with E-state index in [0.29, 0.717) is 22.8 Å². The first-order valence-corrected chi connectivity index (χ1v) is 7.49. The minimum Gasteiger partial charge on any atom is -0.496 e. The fourth-order valence-corrected chi connectivity index (χ4v) is 2.45. The summed E-state index contributed by atoms with van der Waals surface area (Å²) in [6.07, 6.45) is 0. The largest absolute Gasteiger partial charge is 0.496 e. The summed E-state index contributed by atoms with van der Waals surface area (Å²) in [5.41, 5.74) is 6.84. The third-order valence-electron chi connectivity index (χ3n) is 2.85. The summed E-state index contributed by atoms with van der Waals surface area (Å²) in [7, 11) is 1.49. The van der Waals surface area contributed by atoms with Crippen LogP contribution < -0.4 is 15.8 Å². The SMILES string of the molecule is COc1ccc(N=C(N)c2cccs2)cc1C(=O)NCCO. The molecule has 0 saturated heterocycles. The van der Waals surface area contributed by atoms with E-state index in [1.807, 2.05) is 17.5 Å². The number of hydrogen-bond acceptors (Lipinski definition) is 5. The fourth-order valence-electron chi connectivity index (χ4n) is 1.83. The molecule has 6 nitrogen and oxygen atoms in total. The van der Waals surface area contributed by atoms with E-state index in [1.54, 1.807) is 18.2 Å². The lowest BCUT2D eigenvalue weighted by Crippen LogP contribution is -2.26. The van der Waals surface area contributed by atoms with Crippen LogP contribution in [-0.2, 0) is 0 Å². The highest BCUT2D eigenvalue weighted by Crippen LogP contribution is 2.25. The van der Waals surface area contributed by atoms with Gasteiger partial charge in [0, 0.05) is 6.54 Å². The Hall–Kier alpha value is -2.38. The van der Waals surface area contributed by atoms with Gasteiger partial charge in [-0.1, -0.05) is 6.07 Å². The molecule has 0 aliphatic rings. The van der Waals surface area contributed by atoms with E-state index >= 15 is 0 Å². The summed E-state index contributed by atoms with van der Waals surface area (Å²) in [6.45, 7) is 0.0457. The van der Waals surface area contributed by atoms with Crippen LogP contribution >= 0.6 is 11.3 Å². The molecule has 22 heavy (non-hydrogen) atoms. The quantitative estimate of drug-likeness (QED) is 0.555. The van der Waals surface area contributed by atoms with Crippen molar-refractivity contribution in [1.29, 1.82) is 0 Å². The molecule has 0 spiro atoms. The molecule has 0 fully saturated rings. The van der Waals surface area contributed by atoms with Crippen LogP contribution in [0.2, 0.25) is 0 Å². The van der Waals surface area contributed by atoms with Crippen LogP contribution in [0.25, 0.3) is 0 Å². The topological polar surface area (TPSA) is 96.9 Å². The molecule has 0 radical (unpaired) electrons. The lowest BCUT2D eigenvalue weighted by atomic mass is 10.1. The van der Waals surface area contributed by atoms with Gasteiger partial charge in [0.2, 0.25) is 0 Å². The molecule has 2 aromatic rings. The van der Waals surface area contributed by atoms with Crippen molar-refractivity contribution < 1.29 is 14.6 Å². The van der Waals surface area contributed by atoms with Gasteiger partial charge in [0.1, 0.15) is 11.6 Å². The van der Waals surface area contributed by atoms with Crippen LogP contribution in [0.1, 0.15) is 15.2 Å². The van der Waals surface area contributed by atoms with E-state index in [0.717, 1.165) is 4.88 Å². The van der Waals surface area contributed by atoms with Crippen molar-refractivity contribution in [2.45, 2.75) is 0 Å². The number of aliphatic hydroxyl groups excluding tert-OH is 1. The summed E-state index contributed by atoms with van der Waals surface area (Å²) < 4.78 is 5.18. The number of nitrogens with two attached hydrogens (primary N) is 1. The summed E-state index contributed by atoms with van der Waals surface area (Å²) in [6, 6.07) is 8.76. The summed E-state index contributed by atoms with van der Waals surface area (Å²) in [5, 5.41) is 13.3. The van der Waals surface area contributed by atoms with Crippen LogP contribution in [0, 0.1) is 0 Å². The molecule has 0 saturated carbocycles. The van der Waals surface area contributed by atoms with Gasteiger partial charge < -0.3 is 20.9 Å². The number of benzene rings is 1. The second-order valence-corrected chi connectivity index (χ2v) is 5.29. The Morgan fingerprint density at radius 1 is 1.45 bits per heavy atom. The Kier molecular flexibility index (Phi) is 5.51. The van der Waals surface area contributed by atoms with E-state index < -0.39 is 0 Å². The Bertz CT molecular complexity index is 669. The van der Waals surface area contributed by atoms with Crippen molar-refractivity contribution in [2.24, 2.45) is 10.7 Å². The lowest BCUT2D eigenvalue weighted by molar-refractivity contribution is 0.0942. The van der Waals surface area contributed by atoms with Gasteiger partial charge in [-0.25, -0.2) is 4.99 Å². The number of thiophene rings is 1. The normalized spacial score (nSPS) is 11.3. The smallest absolute Gasteiger partial charge is 0.255 e. The van der Waals surface area contributed by atoms with Crippen LogP contribution in [0.5, 0.6) is 5.75 Å². The van der Waals surface area contributed by atoms with E-state index in [2.05, 4.69) is 10.3 Å². The first-order valence-electron chi connectivity index (χ1n) is 6.61. The van der Waals surface area contributed by atoms with Crippen LogP contribution in [-0.4, -0.2) is 37.1 Å². The molecule has 2 rings (SSSR count). The number of carbonyl (C=O) groups excluding carboxylic acids is 1. The lowest BCUT2D eigenvalue weighted by Gasteiger charge is -2.09. The van der Waals surface area contributed by atoms with Crippen LogP contribution in [0.3, 0.4) is 0 Å². The van der Waals surface area contributed by atoms with Gasteiger partial charge >= 0.3 is 0 Å². The second-order valence-electron chi connectivity index (χ2n) is 4.34.